The summed E-state index contributed by atoms with van der Waals surface area (Å²) in [4.78, 5) is 40.1. The van der Waals surface area contributed by atoms with Crippen LogP contribution in [-0.2, 0) is 16.0 Å². The Morgan fingerprint density at radius 1 is 0.795 bits per heavy atom. The number of unbranched alkanes of at least 4 members (excludes halogenated alkanes) is 3. The third-order valence-electron chi connectivity index (χ3n) is 7.40. The number of hydrogen-bond acceptors (Lipinski definition) is 5. The van der Waals surface area contributed by atoms with Gasteiger partial charge in [-0.2, -0.15) is 0 Å². The van der Waals surface area contributed by atoms with Crippen molar-refractivity contribution >= 4 is 29.0 Å². The standard InChI is InChI=1S/C37H40N2O5/c1-2-3-4-11-20-35(40)39(30-16-9-6-10-17-30)25-26-44-31-23-21-28(22-24-31)27-34(37(42)43)38-33-19-13-12-18-32(33)36(41)29-14-7-5-8-15-29/h5-10,12-19,21-24,34,38H,2-4,11,20,25-27H2,1H3,(H,42,43). The van der Waals surface area contributed by atoms with Gasteiger partial charge in [0, 0.05) is 35.3 Å². The maximum absolute atomic E-state index is 13.1. The number of carbonyl (C=O) groups is 3. The first kappa shape index (κ1) is 32.0. The molecule has 7 nitrogen and oxygen atoms in total. The fourth-order valence-electron chi connectivity index (χ4n) is 5.00. The minimum atomic E-state index is -1.02. The number of carboxylic acid groups (broad SMARTS) is 1. The number of carbonyl (C=O) groups excluding carboxylic acids is 2. The molecule has 4 rings (SSSR count). The first-order valence-electron chi connectivity index (χ1n) is 15.2. The van der Waals surface area contributed by atoms with E-state index in [0.717, 1.165) is 36.9 Å². The van der Waals surface area contributed by atoms with Crippen LogP contribution in [0.1, 0.15) is 60.5 Å². The maximum Gasteiger partial charge on any atom is 0.326 e. The van der Waals surface area contributed by atoms with E-state index in [4.69, 9.17) is 4.74 Å². The molecule has 7 heteroatoms. The minimum Gasteiger partial charge on any atom is -0.492 e. The Kier molecular flexibility index (Phi) is 12.1. The molecule has 0 saturated carbocycles. The smallest absolute Gasteiger partial charge is 0.326 e. The number of amides is 1. The summed E-state index contributed by atoms with van der Waals surface area (Å²) in [5, 5.41) is 13.0. The fourth-order valence-corrected chi connectivity index (χ4v) is 5.00. The lowest BCUT2D eigenvalue weighted by Gasteiger charge is -2.23. The molecule has 0 bridgehead atoms. The predicted octanol–water partition coefficient (Wildman–Crippen LogP) is 7.41. The third-order valence-corrected chi connectivity index (χ3v) is 7.40. The van der Waals surface area contributed by atoms with Crippen molar-refractivity contribution < 1.29 is 24.2 Å². The highest BCUT2D eigenvalue weighted by atomic mass is 16.5. The molecule has 0 aliphatic carbocycles. The summed E-state index contributed by atoms with van der Waals surface area (Å²) in [6.45, 7) is 2.89. The van der Waals surface area contributed by atoms with Crippen molar-refractivity contribution in [2.24, 2.45) is 0 Å². The average molecular weight is 593 g/mol. The zero-order valence-corrected chi connectivity index (χ0v) is 25.2. The van der Waals surface area contributed by atoms with Gasteiger partial charge in [-0.3, -0.25) is 9.59 Å². The number of nitrogens with zero attached hydrogens (tertiary/aromatic N) is 1. The van der Waals surface area contributed by atoms with Crippen LogP contribution in [-0.4, -0.2) is 42.0 Å². The Balaban J connectivity index is 1.36. The van der Waals surface area contributed by atoms with Gasteiger partial charge in [0.1, 0.15) is 18.4 Å². The molecule has 4 aromatic rings. The highest BCUT2D eigenvalue weighted by Gasteiger charge is 2.21. The molecule has 1 atom stereocenters. The minimum absolute atomic E-state index is 0.0884. The molecule has 228 valence electrons. The summed E-state index contributed by atoms with van der Waals surface area (Å²) in [5.74, 6) is -0.475. The first-order chi connectivity index (χ1) is 21.5. The van der Waals surface area contributed by atoms with Crippen LogP contribution in [0.2, 0.25) is 0 Å². The van der Waals surface area contributed by atoms with Crippen molar-refractivity contribution in [3.63, 3.8) is 0 Å². The van der Waals surface area contributed by atoms with Gasteiger partial charge in [0.25, 0.3) is 0 Å². The Labute approximate surface area is 259 Å². The quantitative estimate of drug-likeness (QED) is 0.0979. The highest BCUT2D eigenvalue weighted by Crippen LogP contribution is 2.22. The van der Waals surface area contributed by atoms with Gasteiger partial charge in [0.05, 0.1) is 6.54 Å². The number of ether oxygens (including phenoxy) is 1. The monoisotopic (exact) mass is 592 g/mol. The van der Waals surface area contributed by atoms with Crippen LogP contribution in [0.15, 0.2) is 109 Å². The Morgan fingerprint density at radius 3 is 2.14 bits per heavy atom. The summed E-state index contributed by atoms with van der Waals surface area (Å²) in [6, 6.07) is 31.8. The molecule has 0 aromatic heterocycles. The predicted molar refractivity (Wildman–Crippen MR) is 175 cm³/mol. The summed E-state index contributed by atoms with van der Waals surface area (Å²) < 4.78 is 5.98. The van der Waals surface area contributed by atoms with Crippen LogP contribution in [0.25, 0.3) is 0 Å². The molecular formula is C37H40N2O5. The lowest BCUT2D eigenvalue weighted by atomic mass is 10.00. The molecule has 0 radical (unpaired) electrons. The van der Waals surface area contributed by atoms with Gasteiger partial charge in [-0.15, -0.1) is 0 Å². The van der Waals surface area contributed by atoms with E-state index in [9.17, 15) is 19.5 Å². The summed E-state index contributed by atoms with van der Waals surface area (Å²) in [5.41, 5.74) is 3.07. The second-order valence-corrected chi connectivity index (χ2v) is 10.7. The van der Waals surface area contributed by atoms with E-state index in [-0.39, 0.29) is 18.1 Å². The number of hydrogen-bond donors (Lipinski definition) is 2. The lowest BCUT2D eigenvalue weighted by molar-refractivity contribution is -0.137. The van der Waals surface area contributed by atoms with Crippen molar-refractivity contribution in [1.82, 2.24) is 0 Å². The van der Waals surface area contributed by atoms with Crippen LogP contribution >= 0.6 is 0 Å². The van der Waals surface area contributed by atoms with Gasteiger partial charge in [-0.25, -0.2) is 4.79 Å². The van der Waals surface area contributed by atoms with E-state index < -0.39 is 12.0 Å². The van der Waals surface area contributed by atoms with E-state index in [1.807, 2.05) is 48.5 Å². The molecule has 0 fully saturated rings. The van der Waals surface area contributed by atoms with E-state index >= 15 is 0 Å². The van der Waals surface area contributed by atoms with Crippen molar-refractivity contribution in [3.05, 3.63) is 126 Å². The molecule has 0 saturated heterocycles. The number of anilines is 2. The van der Waals surface area contributed by atoms with Crippen LogP contribution in [0.3, 0.4) is 0 Å². The van der Waals surface area contributed by atoms with Crippen molar-refractivity contribution in [2.75, 3.05) is 23.4 Å². The van der Waals surface area contributed by atoms with Gasteiger partial charge in [-0.05, 0) is 48.4 Å². The zero-order valence-electron chi connectivity index (χ0n) is 25.2. The topological polar surface area (TPSA) is 95.9 Å². The third kappa shape index (κ3) is 9.30. The molecule has 1 amide bonds. The number of nitrogens with one attached hydrogen (secondary N) is 1. The molecule has 0 aliphatic rings. The number of carboxylic acids is 1. The van der Waals surface area contributed by atoms with Crippen LogP contribution in [0, 0.1) is 0 Å². The Bertz CT molecular complexity index is 1490. The van der Waals surface area contributed by atoms with Crippen molar-refractivity contribution in [3.8, 4) is 5.75 Å². The summed E-state index contributed by atoms with van der Waals surface area (Å²) in [6.07, 6.45) is 4.89. The average Bonchev–Trinajstić information content (AvgIpc) is 3.06. The molecule has 4 aromatic carbocycles. The Hall–Kier alpha value is -4.91. The largest absolute Gasteiger partial charge is 0.492 e. The van der Waals surface area contributed by atoms with Crippen molar-refractivity contribution in [1.29, 1.82) is 0 Å². The Morgan fingerprint density at radius 2 is 1.45 bits per heavy atom. The molecule has 2 N–H and O–H groups in total. The second kappa shape index (κ2) is 16.7. The molecule has 44 heavy (non-hydrogen) atoms. The number of aliphatic carboxylic acids is 1. The van der Waals surface area contributed by atoms with E-state index in [0.29, 0.717) is 42.1 Å². The van der Waals surface area contributed by atoms with Crippen LogP contribution in [0.5, 0.6) is 5.75 Å². The van der Waals surface area contributed by atoms with E-state index in [2.05, 4.69) is 12.2 Å². The first-order valence-corrected chi connectivity index (χ1v) is 15.2. The van der Waals surface area contributed by atoms with E-state index in [1.165, 1.54) is 0 Å². The van der Waals surface area contributed by atoms with Gasteiger partial charge in [-0.1, -0.05) is 99.0 Å². The SMILES string of the molecule is CCCCCCC(=O)N(CCOc1ccc(CC(Nc2ccccc2C(=O)c2ccccc2)C(=O)O)cc1)c1ccccc1. The highest BCUT2D eigenvalue weighted by molar-refractivity contribution is 6.12. The molecule has 1 unspecified atom stereocenters. The fraction of sp³-hybridized carbons (Fsp3) is 0.270. The molecule has 0 spiro atoms. The molecular weight excluding hydrogens is 552 g/mol. The van der Waals surface area contributed by atoms with Gasteiger partial charge >= 0.3 is 5.97 Å². The normalized spacial score (nSPS) is 11.4. The number of ketones is 1. The number of para-hydroxylation sites is 2. The van der Waals surface area contributed by atoms with Crippen molar-refractivity contribution in [2.45, 2.75) is 51.5 Å². The summed E-state index contributed by atoms with van der Waals surface area (Å²) >= 11 is 0. The van der Waals surface area contributed by atoms with E-state index in [1.54, 1.807) is 65.6 Å². The van der Waals surface area contributed by atoms with Crippen LogP contribution in [0.4, 0.5) is 11.4 Å². The summed E-state index contributed by atoms with van der Waals surface area (Å²) in [7, 11) is 0. The number of benzene rings is 4. The molecule has 0 aliphatic heterocycles. The zero-order chi connectivity index (χ0) is 31.1. The lowest BCUT2D eigenvalue weighted by Crippen LogP contribution is -2.34. The van der Waals surface area contributed by atoms with Gasteiger partial charge in [0.15, 0.2) is 5.78 Å². The second-order valence-electron chi connectivity index (χ2n) is 10.7. The van der Waals surface area contributed by atoms with Gasteiger partial charge < -0.3 is 20.1 Å². The maximum atomic E-state index is 13.1. The number of rotatable bonds is 17. The van der Waals surface area contributed by atoms with Crippen LogP contribution < -0.4 is 15.0 Å². The molecule has 0 heterocycles. The van der Waals surface area contributed by atoms with Gasteiger partial charge in [0.2, 0.25) is 5.91 Å².